The average Bonchev–Trinajstić information content (AvgIpc) is 2.19. The van der Waals surface area contributed by atoms with E-state index >= 15 is 0 Å². The number of aromatic nitrogens is 2. The van der Waals surface area contributed by atoms with Crippen LogP contribution in [0.2, 0.25) is 0 Å². The van der Waals surface area contributed by atoms with E-state index in [0.29, 0.717) is 6.54 Å². The Bertz CT molecular complexity index is 324. The minimum absolute atomic E-state index is 0.133. The van der Waals surface area contributed by atoms with Crippen molar-refractivity contribution in [2.75, 3.05) is 6.54 Å². The third-order valence-corrected chi connectivity index (χ3v) is 1.57. The molecule has 1 rings (SSSR count). The molecule has 0 aromatic carbocycles. The summed E-state index contributed by atoms with van der Waals surface area (Å²) in [6.07, 6.45) is 1.58. The summed E-state index contributed by atoms with van der Waals surface area (Å²) < 4.78 is 0. The topological polar surface area (TPSA) is 75.1 Å². The number of carbonyl (C=O) groups is 1. The maximum atomic E-state index is 10.4. The first kappa shape index (κ1) is 10.3. The van der Waals surface area contributed by atoms with Crippen LogP contribution < -0.4 is 5.32 Å². The Hall–Kier alpha value is -1.75. The van der Waals surface area contributed by atoms with Crippen molar-refractivity contribution in [3.05, 3.63) is 36.2 Å². The van der Waals surface area contributed by atoms with Crippen molar-refractivity contribution in [1.82, 2.24) is 15.5 Å². The van der Waals surface area contributed by atoms with Gasteiger partial charge in [0.25, 0.3) is 0 Å². The molecule has 0 saturated carbocycles. The van der Waals surface area contributed by atoms with E-state index in [4.69, 9.17) is 5.11 Å². The lowest BCUT2D eigenvalue weighted by atomic mass is 10.3. The lowest BCUT2D eigenvalue weighted by molar-refractivity contribution is -0.132. The predicted octanol–water partition coefficient (Wildman–Crippen LogP) is 0.207. The molecule has 2 N–H and O–H groups in total. The maximum Gasteiger partial charge on any atom is 0.332 e. The fourth-order valence-corrected chi connectivity index (χ4v) is 0.845. The van der Waals surface area contributed by atoms with E-state index in [2.05, 4.69) is 22.1 Å². The van der Waals surface area contributed by atoms with Crippen molar-refractivity contribution in [1.29, 1.82) is 0 Å². The molecule has 0 amide bonds. The van der Waals surface area contributed by atoms with Gasteiger partial charge < -0.3 is 10.4 Å². The Labute approximate surface area is 81.5 Å². The highest BCUT2D eigenvalue weighted by atomic mass is 16.4. The third kappa shape index (κ3) is 3.32. The zero-order chi connectivity index (χ0) is 10.4. The molecule has 1 aromatic rings. The molecule has 5 nitrogen and oxygen atoms in total. The summed E-state index contributed by atoms with van der Waals surface area (Å²) in [4.78, 5) is 10.4. The molecule has 0 spiro atoms. The number of hydrogen-bond acceptors (Lipinski definition) is 4. The molecule has 74 valence electrons. The molecule has 0 radical (unpaired) electrons. The second-order valence-electron chi connectivity index (χ2n) is 2.73. The minimum atomic E-state index is -0.989. The zero-order valence-corrected chi connectivity index (χ0v) is 7.60. The Balaban J connectivity index is 2.29. The van der Waals surface area contributed by atoms with E-state index < -0.39 is 5.97 Å². The van der Waals surface area contributed by atoms with Gasteiger partial charge in [0.2, 0.25) is 0 Å². The summed E-state index contributed by atoms with van der Waals surface area (Å²) in [6.45, 7) is 4.12. The molecule has 0 atom stereocenters. The molecule has 0 fully saturated rings. The van der Waals surface area contributed by atoms with E-state index in [1.165, 1.54) is 0 Å². The Morgan fingerprint density at radius 2 is 2.43 bits per heavy atom. The summed E-state index contributed by atoms with van der Waals surface area (Å²) in [5.74, 6) is -0.989. The number of nitrogens with one attached hydrogen (secondary N) is 1. The van der Waals surface area contributed by atoms with Crippen molar-refractivity contribution < 1.29 is 9.90 Å². The molecule has 14 heavy (non-hydrogen) atoms. The van der Waals surface area contributed by atoms with Gasteiger partial charge in [0, 0.05) is 24.9 Å². The van der Waals surface area contributed by atoms with Crippen LogP contribution in [0.4, 0.5) is 0 Å². The van der Waals surface area contributed by atoms with E-state index in [-0.39, 0.29) is 12.1 Å². The lowest BCUT2D eigenvalue weighted by Gasteiger charge is -2.02. The quantitative estimate of drug-likeness (QED) is 0.654. The van der Waals surface area contributed by atoms with E-state index in [9.17, 15) is 4.79 Å². The first-order valence-corrected chi connectivity index (χ1v) is 4.08. The largest absolute Gasteiger partial charge is 0.478 e. The van der Waals surface area contributed by atoms with Crippen molar-refractivity contribution in [3.63, 3.8) is 0 Å². The first-order valence-electron chi connectivity index (χ1n) is 4.08. The molecular weight excluding hydrogens is 182 g/mol. The fourth-order valence-electron chi connectivity index (χ4n) is 0.845. The monoisotopic (exact) mass is 193 g/mol. The molecule has 1 heterocycles. The van der Waals surface area contributed by atoms with Gasteiger partial charge in [0.05, 0.1) is 5.69 Å². The standard InChI is InChI=1S/C9H11N3O2/c1-7(9(13)14)5-10-6-8-3-2-4-11-12-8/h2-4,10H,1,5-6H2,(H,13,14). The van der Waals surface area contributed by atoms with Crippen molar-refractivity contribution >= 4 is 5.97 Å². The van der Waals surface area contributed by atoms with Crippen LogP contribution in [0.15, 0.2) is 30.5 Å². The Kier molecular flexibility index (Phi) is 3.75. The van der Waals surface area contributed by atoms with Crippen molar-refractivity contribution in [2.24, 2.45) is 0 Å². The van der Waals surface area contributed by atoms with Crippen LogP contribution in [0.3, 0.4) is 0 Å². The number of rotatable bonds is 5. The number of carboxylic acid groups (broad SMARTS) is 1. The molecule has 0 aliphatic rings. The van der Waals surface area contributed by atoms with Crippen LogP contribution in [0.1, 0.15) is 5.69 Å². The van der Waals surface area contributed by atoms with Crippen LogP contribution >= 0.6 is 0 Å². The normalized spacial score (nSPS) is 9.71. The molecule has 0 bridgehead atoms. The summed E-state index contributed by atoms with van der Waals surface area (Å²) >= 11 is 0. The SMILES string of the molecule is C=C(CNCc1cccnn1)C(=O)O. The highest BCUT2D eigenvalue weighted by molar-refractivity contribution is 5.86. The second-order valence-corrected chi connectivity index (χ2v) is 2.73. The van der Waals surface area contributed by atoms with E-state index in [1.807, 2.05) is 6.07 Å². The molecule has 0 unspecified atom stereocenters. The number of carboxylic acids is 1. The van der Waals surface area contributed by atoms with Gasteiger partial charge in [-0.25, -0.2) is 4.79 Å². The summed E-state index contributed by atoms with van der Waals surface area (Å²) in [7, 11) is 0. The highest BCUT2D eigenvalue weighted by Gasteiger charge is 2.02. The third-order valence-electron chi connectivity index (χ3n) is 1.57. The zero-order valence-electron chi connectivity index (χ0n) is 7.60. The van der Waals surface area contributed by atoms with Gasteiger partial charge in [0.15, 0.2) is 0 Å². The minimum Gasteiger partial charge on any atom is -0.478 e. The van der Waals surface area contributed by atoms with Crippen LogP contribution in [0.5, 0.6) is 0 Å². The summed E-state index contributed by atoms with van der Waals surface area (Å²) in [6, 6.07) is 3.58. The smallest absolute Gasteiger partial charge is 0.332 e. The van der Waals surface area contributed by atoms with Crippen LogP contribution in [-0.2, 0) is 11.3 Å². The van der Waals surface area contributed by atoms with Gasteiger partial charge in [-0.1, -0.05) is 6.58 Å². The highest BCUT2D eigenvalue weighted by Crippen LogP contribution is 1.91. The Morgan fingerprint density at radius 1 is 1.64 bits per heavy atom. The van der Waals surface area contributed by atoms with Gasteiger partial charge in [-0.2, -0.15) is 10.2 Å². The summed E-state index contributed by atoms with van der Waals surface area (Å²) in [5, 5.41) is 18.9. The molecular formula is C9H11N3O2. The molecule has 0 aliphatic carbocycles. The van der Waals surface area contributed by atoms with Gasteiger partial charge in [-0.15, -0.1) is 0 Å². The van der Waals surface area contributed by atoms with Crippen molar-refractivity contribution in [2.45, 2.75) is 6.54 Å². The van der Waals surface area contributed by atoms with Crippen LogP contribution in [0, 0.1) is 0 Å². The van der Waals surface area contributed by atoms with Crippen LogP contribution in [0.25, 0.3) is 0 Å². The summed E-state index contributed by atoms with van der Waals surface area (Å²) in [5.41, 5.74) is 0.902. The predicted molar refractivity (Wildman–Crippen MR) is 50.5 cm³/mol. The van der Waals surface area contributed by atoms with E-state index in [1.54, 1.807) is 12.3 Å². The van der Waals surface area contributed by atoms with Gasteiger partial charge >= 0.3 is 5.97 Å². The number of hydrogen-bond donors (Lipinski definition) is 2. The van der Waals surface area contributed by atoms with Crippen molar-refractivity contribution in [3.8, 4) is 0 Å². The van der Waals surface area contributed by atoms with Gasteiger partial charge in [0.1, 0.15) is 0 Å². The number of aliphatic carboxylic acids is 1. The second kappa shape index (κ2) is 5.08. The van der Waals surface area contributed by atoms with Crippen LogP contribution in [-0.4, -0.2) is 27.8 Å². The van der Waals surface area contributed by atoms with E-state index in [0.717, 1.165) is 5.69 Å². The maximum absolute atomic E-state index is 10.4. The number of nitrogens with zero attached hydrogens (tertiary/aromatic N) is 2. The molecule has 0 aliphatic heterocycles. The fraction of sp³-hybridized carbons (Fsp3) is 0.222. The first-order chi connectivity index (χ1) is 6.70. The average molecular weight is 193 g/mol. The molecule has 5 heteroatoms. The lowest BCUT2D eigenvalue weighted by Crippen LogP contribution is -2.20. The molecule has 1 aromatic heterocycles. The van der Waals surface area contributed by atoms with Gasteiger partial charge in [-0.05, 0) is 12.1 Å². The molecule has 0 saturated heterocycles. The Morgan fingerprint density at radius 3 is 3.00 bits per heavy atom. The van der Waals surface area contributed by atoms with Gasteiger partial charge in [-0.3, -0.25) is 0 Å².